The summed E-state index contributed by atoms with van der Waals surface area (Å²) in [7, 11) is 0. The molecule has 0 aromatic heterocycles. The number of rotatable bonds is 1. The maximum Gasteiger partial charge on any atom is 0.137 e. The number of benzene rings is 1. The molecule has 4 heteroatoms. The zero-order valence-electron chi connectivity index (χ0n) is 14.2. The molecular formula is C21H19N3O. The number of aryl methyl sites for hydroxylation is 1. The highest BCUT2D eigenvalue weighted by molar-refractivity contribution is 5.66. The van der Waals surface area contributed by atoms with Crippen LogP contribution in [0.4, 0.5) is 5.69 Å². The zero-order valence-corrected chi connectivity index (χ0v) is 14.2. The molecule has 3 aliphatic heterocycles. The van der Waals surface area contributed by atoms with Gasteiger partial charge in [-0.25, -0.2) is 0 Å². The van der Waals surface area contributed by atoms with Crippen molar-refractivity contribution in [2.24, 2.45) is 0 Å². The van der Waals surface area contributed by atoms with Gasteiger partial charge in [0.25, 0.3) is 0 Å². The molecule has 0 bridgehead atoms. The fourth-order valence-electron chi connectivity index (χ4n) is 4.14. The van der Waals surface area contributed by atoms with Gasteiger partial charge in [-0.3, -0.25) is 0 Å². The largest absolute Gasteiger partial charge is 0.466 e. The van der Waals surface area contributed by atoms with Gasteiger partial charge in [-0.2, -0.15) is 10.5 Å². The molecule has 3 aliphatic rings. The van der Waals surface area contributed by atoms with Crippen LogP contribution in [0.1, 0.15) is 36.8 Å². The van der Waals surface area contributed by atoms with Crippen molar-refractivity contribution in [3.05, 3.63) is 64.1 Å². The van der Waals surface area contributed by atoms with Crippen LogP contribution in [-0.4, -0.2) is 13.1 Å². The van der Waals surface area contributed by atoms with E-state index in [4.69, 9.17) is 4.74 Å². The van der Waals surface area contributed by atoms with Crippen LogP contribution in [0.15, 0.2) is 53.0 Å². The van der Waals surface area contributed by atoms with Crippen molar-refractivity contribution >= 4 is 5.69 Å². The van der Waals surface area contributed by atoms with Gasteiger partial charge in [0, 0.05) is 30.3 Å². The van der Waals surface area contributed by atoms with Crippen molar-refractivity contribution < 1.29 is 4.74 Å². The van der Waals surface area contributed by atoms with Crippen molar-refractivity contribution in [2.45, 2.75) is 32.1 Å². The molecule has 0 spiro atoms. The number of allylic oxidation sites excluding steroid dienone is 6. The second-order valence-corrected chi connectivity index (χ2v) is 6.74. The van der Waals surface area contributed by atoms with E-state index in [2.05, 4.69) is 23.1 Å². The lowest BCUT2D eigenvalue weighted by Gasteiger charge is -2.40. The first-order valence-corrected chi connectivity index (χ1v) is 8.70. The molecule has 1 atom stereocenters. The van der Waals surface area contributed by atoms with E-state index in [1.807, 2.05) is 25.1 Å². The normalized spacial score (nSPS) is 21.2. The molecule has 0 N–H and O–H groups in total. The lowest BCUT2D eigenvalue weighted by molar-refractivity contribution is 0.268. The average Bonchev–Trinajstić information content (AvgIpc) is 2.63. The Labute approximate surface area is 147 Å². The van der Waals surface area contributed by atoms with Crippen molar-refractivity contribution in [3.63, 3.8) is 0 Å². The van der Waals surface area contributed by atoms with Crippen LogP contribution in [-0.2, 0) is 11.2 Å². The van der Waals surface area contributed by atoms with Crippen LogP contribution >= 0.6 is 0 Å². The van der Waals surface area contributed by atoms with Gasteiger partial charge >= 0.3 is 0 Å². The summed E-state index contributed by atoms with van der Waals surface area (Å²) in [5.41, 5.74) is 4.87. The summed E-state index contributed by atoms with van der Waals surface area (Å²) in [4.78, 5) is 2.49. The van der Waals surface area contributed by atoms with Gasteiger partial charge in [0.1, 0.15) is 29.2 Å². The van der Waals surface area contributed by atoms with Crippen molar-refractivity contribution in [3.8, 4) is 12.1 Å². The Balaban J connectivity index is 1.80. The molecule has 0 saturated heterocycles. The molecule has 3 heterocycles. The van der Waals surface area contributed by atoms with E-state index in [0.717, 1.165) is 37.4 Å². The highest BCUT2D eigenvalue weighted by Crippen LogP contribution is 2.45. The predicted molar refractivity (Wildman–Crippen MR) is 95.5 cm³/mol. The summed E-state index contributed by atoms with van der Waals surface area (Å²) in [5.74, 6) is 1.74. The van der Waals surface area contributed by atoms with E-state index >= 15 is 0 Å². The smallest absolute Gasteiger partial charge is 0.137 e. The highest BCUT2D eigenvalue weighted by atomic mass is 16.5. The molecule has 25 heavy (non-hydrogen) atoms. The van der Waals surface area contributed by atoms with Gasteiger partial charge < -0.3 is 9.64 Å². The lowest BCUT2D eigenvalue weighted by atomic mass is 9.83. The predicted octanol–water partition coefficient (Wildman–Crippen LogP) is 4.09. The van der Waals surface area contributed by atoms with E-state index in [1.165, 1.54) is 23.2 Å². The second-order valence-electron chi connectivity index (χ2n) is 6.74. The number of ether oxygens (including phenoxy) is 1. The molecule has 1 unspecified atom stereocenters. The van der Waals surface area contributed by atoms with Gasteiger partial charge in [-0.05, 0) is 49.5 Å². The summed E-state index contributed by atoms with van der Waals surface area (Å²) >= 11 is 0. The van der Waals surface area contributed by atoms with Crippen LogP contribution in [0.3, 0.4) is 0 Å². The molecule has 4 nitrogen and oxygen atoms in total. The third kappa shape index (κ3) is 2.61. The van der Waals surface area contributed by atoms with Crippen LogP contribution in [0, 0.1) is 22.7 Å². The van der Waals surface area contributed by atoms with Crippen LogP contribution < -0.4 is 4.90 Å². The van der Waals surface area contributed by atoms with Crippen molar-refractivity contribution in [1.29, 1.82) is 10.5 Å². The third-order valence-corrected chi connectivity index (χ3v) is 5.20. The van der Waals surface area contributed by atoms with E-state index in [9.17, 15) is 10.5 Å². The van der Waals surface area contributed by atoms with E-state index in [-0.39, 0.29) is 11.5 Å². The van der Waals surface area contributed by atoms with Crippen molar-refractivity contribution in [1.82, 2.24) is 0 Å². The molecule has 0 aliphatic carbocycles. The van der Waals surface area contributed by atoms with Gasteiger partial charge in [-0.15, -0.1) is 0 Å². The first kappa shape index (κ1) is 15.5. The molecule has 0 fully saturated rings. The lowest BCUT2D eigenvalue weighted by Crippen LogP contribution is -2.36. The molecule has 124 valence electrons. The van der Waals surface area contributed by atoms with Crippen LogP contribution in [0.2, 0.25) is 0 Å². The fourth-order valence-corrected chi connectivity index (χ4v) is 4.14. The number of hydrogen-bond donors (Lipinski definition) is 0. The molecule has 1 aromatic rings. The van der Waals surface area contributed by atoms with Gasteiger partial charge in [-0.1, -0.05) is 18.2 Å². The van der Waals surface area contributed by atoms with Gasteiger partial charge in [0.2, 0.25) is 0 Å². The van der Waals surface area contributed by atoms with Crippen LogP contribution in [0.25, 0.3) is 0 Å². The number of anilines is 1. The molecule has 0 saturated carbocycles. The molecule has 0 amide bonds. The second kappa shape index (κ2) is 6.15. The highest BCUT2D eigenvalue weighted by Gasteiger charge is 2.33. The first-order chi connectivity index (χ1) is 12.2. The summed E-state index contributed by atoms with van der Waals surface area (Å²) in [6.07, 6.45) is 6.96. The van der Waals surface area contributed by atoms with Gasteiger partial charge in [0.05, 0.1) is 0 Å². The quantitative estimate of drug-likeness (QED) is 0.728. The summed E-state index contributed by atoms with van der Waals surface area (Å²) in [6, 6.07) is 10.5. The zero-order chi connectivity index (χ0) is 17.4. The Hall–Kier alpha value is -2.98. The first-order valence-electron chi connectivity index (χ1n) is 8.70. The van der Waals surface area contributed by atoms with Crippen molar-refractivity contribution in [2.75, 3.05) is 18.0 Å². The number of nitrogens with zero attached hydrogens (tertiary/aromatic N) is 3. The summed E-state index contributed by atoms with van der Waals surface area (Å²) < 4.78 is 6.03. The monoisotopic (exact) mass is 329 g/mol. The number of nitriles is 2. The molecular weight excluding hydrogens is 310 g/mol. The minimum absolute atomic E-state index is 0.132. The standard InChI is InChI=1S/C21H19N3O/c1-14-10-16(17(12-22)13-23)11-20(25-14)18-7-9-24-8-3-5-15-4-2-6-19(18)21(15)24/h2,4,6,10-11,18H,3,5,7-9H2,1H3. The average molecular weight is 329 g/mol. The van der Waals surface area contributed by atoms with E-state index in [0.29, 0.717) is 5.57 Å². The van der Waals surface area contributed by atoms with Gasteiger partial charge in [0.15, 0.2) is 0 Å². The summed E-state index contributed by atoms with van der Waals surface area (Å²) in [5, 5.41) is 18.4. The van der Waals surface area contributed by atoms with E-state index < -0.39 is 0 Å². The third-order valence-electron chi connectivity index (χ3n) is 5.20. The van der Waals surface area contributed by atoms with Crippen LogP contribution in [0.5, 0.6) is 0 Å². The number of para-hydroxylation sites is 1. The Morgan fingerprint density at radius 3 is 2.84 bits per heavy atom. The summed E-state index contributed by atoms with van der Waals surface area (Å²) in [6.45, 7) is 4.00. The maximum atomic E-state index is 9.19. The minimum atomic E-state index is 0.132. The Bertz CT molecular complexity index is 892. The Kier molecular flexibility index (Phi) is 3.82. The molecule has 4 rings (SSSR count). The Morgan fingerprint density at radius 1 is 1.20 bits per heavy atom. The van der Waals surface area contributed by atoms with E-state index in [1.54, 1.807) is 6.08 Å². The fraction of sp³-hybridized carbons (Fsp3) is 0.333. The maximum absolute atomic E-state index is 9.19. The minimum Gasteiger partial charge on any atom is -0.466 e. The molecule has 1 aromatic carbocycles. The number of hydrogen-bond acceptors (Lipinski definition) is 4. The topological polar surface area (TPSA) is 60.0 Å². The Morgan fingerprint density at radius 2 is 2.04 bits per heavy atom. The molecule has 0 radical (unpaired) electrons. The SMILES string of the molecule is CC1=CC(=C(C#N)C#N)C=C(C2CCN3CCCc4cccc2c43)O1.